The molecule has 0 amide bonds. The molecule has 2 aromatic rings. The van der Waals surface area contributed by atoms with Gasteiger partial charge in [-0.3, -0.25) is 10.1 Å². The van der Waals surface area contributed by atoms with Gasteiger partial charge in [0.15, 0.2) is 0 Å². The molecule has 0 fully saturated rings. The van der Waals surface area contributed by atoms with E-state index in [1.165, 1.54) is 12.1 Å². The van der Waals surface area contributed by atoms with Crippen LogP contribution in [0.25, 0.3) is 0 Å². The van der Waals surface area contributed by atoms with Gasteiger partial charge in [-0.15, -0.1) is 0 Å². The number of benzene rings is 2. The van der Waals surface area contributed by atoms with Gasteiger partial charge in [0, 0.05) is 22.2 Å². The van der Waals surface area contributed by atoms with Gasteiger partial charge in [-0.1, -0.05) is 18.2 Å². The molecule has 0 bridgehead atoms. The SMILES string of the molecule is O=C1OC(Nc2ccc([N+](=O)[O-])cc2Br)c2ccccc21. The average Bonchev–Trinajstić information content (AvgIpc) is 2.78. The van der Waals surface area contributed by atoms with E-state index < -0.39 is 11.2 Å². The molecule has 0 aromatic heterocycles. The summed E-state index contributed by atoms with van der Waals surface area (Å²) in [5, 5.41) is 13.8. The number of nitro benzene ring substituents is 1. The highest BCUT2D eigenvalue weighted by molar-refractivity contribution is 9.10. The number of fused-ring (bicyclic) bond motifs is 1. The highest BCUT2D eigenvalue weighted by atomic mass is 79.9. The van der Waals surface area contributed by atoms with Gasteiger partial charge in [0.2, 0.25) is 6.23 Å². The highest BCUT2D eigenvalue weighted by Gasteiger charge is 2.30. The zero-order valence-electron chi connectivity index (χ0n) is 10.6. The van der Waals surface area contributed by atoms with E-state index in [1.54, 1.807) is 24.3 Å². The summed E-state index contributed by atoms with van der Waals surface area (Å²) in [5.41, 5.74) is 1.85. The number of halogens is 1. The van der Waals surface area contributed by atoms with Crippen molar-refractivity contribution in [2.24, 2.45) is 0 Å². The first-order valence-electron chi connectivity index (χ1n) is 6.06. The van der Waals surface area contributed by atoms with Crippen LogP contribution in [0.15, 0.2) is 46.9 Å². The Kier molecular flexibility index (Phi) is 3.34. The predicted molar refractivity (Wildman–Crippen MR) is 79.0 cm³/mol. The first-order valence-corrected chi connectivity index (χ1v) is 6.86. The van der Waals surface area contributed by atoms with E-state index >= 15 is 0 Å². The summed E-state index contributed by atoms with van der Waals surface area (Å²) in [6.45, 7) is 0. The van der Waals surface area contributed by atoms with Gasteiger partial charge in [0.25, 0.3) is 5.69 Å². The Morgan fingerprint density at radius 3 is 2.71 bits per heavy atom. The molecule has 21 heavy (non-hydrogen) atoms. The minimum Gasteiger partial charge on any atom is -0.434 e. The number of rotatable bonds is 3. The minimum absolute atomic E-state index is 0.0174. The number of nitrogens with one attached hydrogen (secondary N) is 1. The Hall–Kier alpha value is -2.41. The third-order valence-electron chi connectivity index (χ3n) is 3.14. The number of anilines is 1. The minimum atomic E-state index is -0.605. The monoisotopic (exact) mass is 348 g/mol. The van der Waals surface area contributed by atoms with Crippen LogP contribution < -0.4 is 5.32 Å². The number of cyclic esters (lactones) is 1. The number of hydrogen-bond donors (Lipinski definition) is 1. The van der Waals surface area contributed by atoms with Crippen molar-refractivity contribution in [1.82, 2.24) is 0 Å². The molecule has 1 atom stereocenters. The van der Waals surface area contributed by atoms with Crippen LogP contribution >= 0.6 is 15.9 Å². The maximum absolute atomic E-state index is 11.7. The lowest BCUT2D eigenvalue weighted by Crippen LogP contribution is -2.10. The Morgan fingerprint density at radius 2 is 2.00 bits per heavy atom. The van der Waals surface area contributed by atoms with E-state index in [0.717, 1.165) is 5.56 Å². The summed E-state index contributed by atoms with van der Waals surface area (Å²) in [6.07, 6.45) is -0.605. The summed E-state index contributed by atoms with van der Waals surface area (Å²) in [5.74, 6) is -0.388. The summed E-state index contributed by atoms with van der Waals surface area (Å²) in [7, 11) is 0. The molecule has 1 aliphatic heterocycles. The lowest BCUT2D eigenvalue weighted by atomic mass is 10.1. The lowest BCUT2D eigenvalue weighted by molar-refractivity contribution is -0.384. The van der Waals surface area contributed by atoms with Crippen molar-refractivity contribution in [1.29, 1.82) is 0 Å². The smallest absolute Gasteiger partial charge is 0.340 e. The van der Waals surface area contributed by atoms with E-state index in [2.05, 4.69) is 21.2 Å². The second-order valence-electron chi connectivity index (χ2n) is 4.44. The van der Waals surface area contributed by atoms with Crippen LogP contribution in [0.1, 0.15) is 22.1 Å². The second kappa shape index (κ2) is 5.17. The summed E-state index contributed by atoms with van der Waals surface area (Å²) in [6, 6.07) is 11.4. The standard InChI is InChI=1S/C14H9BrN2O4/c15-11-7-8(17(19)20)5-6-12(11)16-13-9-3-1-2-4-10(9)14(18)21-13/h1-7,13,16H. The topological polar surface area (TPSA) is 81.5 Å². The predicted octanol–water partition coefficient (Wildman–Crippen LogP) is 3.64. The fourth-order valence-corrected chi connectivity index (χ4v) is 2.61. The molecule has 0 saturated heterocycles. The van der Waals surface area contributed by atoms with E-state index in [9.17, 15) is 14.9 Å². The van der Waals surface area contributed by atoms with Gasteiger partial charge in [-0.25, -0.2) is 4.79 Å². The number of ether oxygens (including phenoxy) is 1. The lowest BCUT2D eigenvalue weighted by Gasteiger charge is -2.15. The molecular weight excluding hydrogens is 340 g/mol. The summed E-state index contributed by atoms with van der Waals surface area (Å²) >= 11 is 3.27. The van der Waals surface area contributed by atoms with E-state index in [-0.39, 0.29) is 11.7 Å². The van der Waals surface area contributed by atoms with Crippen molar-refractivity contribution in [3.63, 3.8) is 0 Å². The molecule has 0 spiro atoms. The molecule has 3 rings (SSSR count). The van der Waals surface area contributed by atoms with Gasteiger partial charge < -0.3 is 10.1 Å². The fourth-order valence-electron chi connectivity index (χ4n) is 2.13. The van der Waals surface area contributed by atoms with Crippen molar-refractivity contribution in [3.8, 4) is 0 Å². The fraction of sp³-hybridized carbons (Fsp3) is 0.0714. The molecule has 6 nitrogen and oxygen atoms in total. The Bertz CT molecular complexity index is 748. The first-order chi connectivity index (χ1) is 10.1. The third-order valence-corrected chi connectivity index (χ3v) is 3.79. The number of hydrogen-bond acceptors (Lipinski definition) is 5. The molecule has 106 valence electrons. The first kappa shape index (κ1) is 13.6. The number of nitro groups is 1. The van der Waals surface area contributed by atoms with Crippen LogP contribution in [0, 0.1) is 10.1 Å². The molecule has 0 radical (unpaired) electrons. The van der Waals surface area contributed by atoms with E-state index in [4.69, 9.17) is 4.74 Å². The number of carbonyl (C=O) groups is 1. The maximum Gasteiger partial charge on any atom is 0.340 e. The van der Waals surface area contributed by atoms with Crippen LogP contribution in [-0.4, -0.2) is 10.9 Å². The third kappa shape index (κ3) is 2.47. The highest BCUT2D eigenvalue weighted by Crippen LogP contribution is 2.34. The molecule has 2 aromatic carbocycles. The van der Waals surface area contributed by atoms with Crippen LogP contribution in [-0.2, 0) is 4.74 Å². The Balaban J connectivity index is 1.89. The van der Waals surface area contributed by atoms with Crippen LogP contribution in [0.5, 0.6) is 0 Å². The quantitative estimate of drug-likeness (QED) is 0.520. The van der Waals surface area contributed by atoms with Crippen molar-refractivity contribution >= 4 is 33.3 Å². The van der Waals surface area contributed by atoms with Crippen molar-refractivity contribution in [2.75, 3.05) is 5.32 Å². The van der Waals surface area contributed by atoms with Gasteiger partial charge in [-0.05, 0) is 28.1 Å². The molecule has 1 heterocycles. The summed E-state index contributed by atoms with van der Waals surface area (Å²) < 4.78 is 5.79. The molecule has 1 N–H and O–H groups in total. The van der Waals surface area contributed by atoms with Gasteiger partial charge in [-0.2, -0.15) is 0 Å². The van der Waals surface area contributed by atoms with Crippen molar-refractivity contribution in [3.05, 3.63) is 68.2 Å². The zero-order valence-corrected chi connectivity index (χ0v) is 12.2. The zero-order chi connectivity index (χ0) is 15.0. The van der Waals surface area contributed by atoms with Crippen molar-refractivity contribution < 1.29 is 14.5 Å². The normalized spacial score (nSPS) is 16.2. The Labute approximate surface area is 128 Å². The largest absolute Gasteiger partial charge is 0.434 e. The summed E-state index contributed by atoms with van der Waals surface area (Å²) in [4.78, 5) is 22.0. The van der Waals surface area contributed by atoms with Crippen LogP contribution in [0.3, 0.4) is 0 Å². The number of esters is 1. The second-order valence-corrected chi connectivity index (χ2v) is 5.29. The average molecular weight is 349 g/mol. The number of non-ortho nitro benzene ring substituents is 1. The molecule has 0 aliphatic carbocycles. The molecular formula is C14H9BrN2O4. The van der Waals surface area contributed by atoms with Gasteiger partial charge in [0.1, 0.15) is 0 Å². The van der Waals surface area contributed by atoms with E-state index in [1.807, 2.05) is 6.07 Å². The van der Waals surface area contributed by atoms with Gasteiger partial charge in [0.05, 0.1) is 16.2 Å². The van der Waals surface area contributed by atoms with E-state index in [0.29, 0.717) is 15.7 Å². The molecule has 1 unspecified atom stereocenters. The molecule has 0 saturated carbocycles. The van der Waals surface area contributed by atoms with Crippen LogP contribution in [0.4, 0.5) is 11.4 Å². The molecule has 7 heteroatoms. The van der Waals surface area contributed by atoms with Crippen LogP contribution in [0.2, 0.25) is 0 Å². The van der Waals surface area contributed by atoms with Gasteiger partial charge >= 0.3 is 5.97 Å². The number of carbonyl (C=O) groups excluding carboxylic acids is 1. The van der Waals surface area contributed by atoms with Crippen molar-refractivity contribution in [2.45, 2.75) is 6.23 Å². The number of nitrogens with zero attached hydrogens (tertiary/aromatic N) is 1. The Morgan fingerprint density at radius 1 is 1.24 bits per heavy atom. The maximum atomic E-state index is 11.7. The molecule has 1 aliphatic rings.